The summed E-state index contributed by atoms with van der Waals surface area (Å²) in [6.45, 7) is 6.87. The van der Waals surface area contributed by atoms with Gasteiger partial charge < -0.3 is 0 Å². The van der Waals surface area contributed by atoms with Crippen molar-refractivity contribution in [2.45, 2.75) is 33.2 Å². The van der Waals surface area contributed by atoms with Gasteiger partial charge in [0.2, 0.25) is 0 Å². The Morgan fingerprint density at radius 2 is 2.35 bits per heavy atom. The Kier molecular flexibility index (Phi) is 3.44. The standard InChI is InChI=1S/C14H19N3/c1-12-5-3-6-13(16-12)9-17-8-4-7-14(2,10-15)11-17/h3,5-6H,4,7-9,11H2,1-2H3. The molecule has 0 amide bonds. The zero-order valence-electron chi connectivity index (χ0n) is 10.6. The van der Waals surface area contributed by atoms with Gasteiger partial charge in [-0.05, 0) is 45.4 Å². The van der Waals surface area contributed by atoms with E-state index in [0.717, 1.165) is 43.9 Å². The van der Waals surface area contributed by atoms with E-state index in [-0.39, 0.29) is 5.41 Å². The van der Waals surface area contributed by atoms with Gasteiger partial charge in [0.1, 0.15) is 0 Å². The molecule has 0 aromatic carbocycles. The Morgan fingerprint density at radius 1 is 1.53 bits per heavy atom. The van der Waals surface area contributed by atoms with Crippen molar-refractivity contribution >= 4 is 0 Å². The Morgan fingerprint density at radius 3 is 3.06 bits per heavy atom. The third kappa shape index (κ3) is 3.04. The van der Waals surface area contributed by atoms with Crippen molar-refractivity contribution in [3.8, 4) is 6.07 Å². The molecule has 1 aliphatic rings. The maximum Gasteiger partial charge on any atom is 0.0700 e. The van der Waals surface area contributed by atoms with Crippen LogP contribution >= 0.6 is 0 Å². The highest BCUT2D eigenvalue weighted by Gasteiger charge is 2.30. The fraction of sp³-hybridized carbons (Fsp3) is 0.571. The lowest BCUT2D eigenvalue weighted by Gasteiger charge is -2.35. The van der Waals surface area contributed by atoms with Crippen molar-refractivity contribution in [2.75, 3.05) is 13.1 Å². The molecule has 0 aliphatic carbocycles. The van der Waals surface area contributed by atoms with E-state index in [1.807, 2.05) is 19.1 Å². The number of nitriles is 1. The number of rotatable bonds is 2. The molecule has 0 bridgehead atoms. The van der Waals surface area contributed by atoms with Crippen molar-refractivity contribution in [2.24, 2.45) is 5.41 Å². The van der Waals surface area contributed by atoms with Gasteiger partial charge in [0.25, 0.3) is 0 Å². The fourth-order valence-electron chi connectivity index (χ4n) is 2.49. The molecule has 1 aromatic rings. The smallest absolute Gasteiger partial charge is 0.0700 e. The molecule has 1 aliphatic heterocycles. The third-order valence-electron chi connectivity index (χ3n) is 3.38. The minimum atomic E-state index is -0.178. The maximum absolute atomic E-state index is 9.19. The first-order valence-corrected chi connectivity index (χ1v) is 6.17. The number of aromatic nitrogens is 1. The predicted octanol–water partition coefficient (Wildman–Crippen LogP) is 2.52. The zero-order valence-corrected chi connectivity index (χ0v) is 10.6. The first-order chi connectivity index (χ1) is 8.11. The summed E-state index contributed by atoms with van der Waals surface area (Å²) in [7, 11) is 0. The van der Waals surface area contributed by atoms with Gasteiger partial charge in [-0.3, -0.25) is 9.88 Å². The molecule has 1 unspecified atom stereocenters. The van der Waals surface area contributed by atoms with Crippen molar-refractivity contribution in [3.05, 3.63) is 29.6 Å². The minimum absolute atomic E-state index is 0.178. The minimum Gasteiger partial charge on any atom is -0.296 e. The van der Waals surface area contributed by atoms with E-state index < -0.39 is 0 Å². The van der Waals surface area contributed by atoms with E-state index >= 15 is 0 Å². The van der Waals surface area contributed by atoms with Crippen LogP contribution in [0.1, 0.15) is 31.2 Å². The molecule has 90 valence electrons. The molecule has 1 aromatic heterocycles. The molecule has 1 fully saturated rings. The van der Waals surface area contributed by atoms with Gasteiger partial charge in [-0.1, -0.05) is 6.07 Å². The monoisotopic (exact) mass is 229 g/mol. The van der Waals surface area contributed by atoms with Gasteiger partial charge in [0.05, 0.1) is 17.2 Å². The van der Waals surface area contributed by atoms with Gasteiger partial charge in [-0.15, -0.1) is 0 Å². The summed E-state index contributed by atoms with van der Waals surface area (Å²) in [5.41, 5.74) is 1.98. The molecule has 2 rings (SSSR count). The van der Waals surface area contributed by atoms with E-state index in [1.165, 1.54) is 0 Å². The normalized spacial score (nSPS) is 25.5. The third-order valence-corrected chi connectivity index (χ3v) is 3.38. The second kappa shape index (κ2) is 4.85. The Hall–Kier alpha value is -1.40. The van der Waals surface area contributed by atoms with Gasteiger partial charge in [-0.25, -0.2) is 0 Å². The van der Waals surface area contributed by atoms with Crippen LogP contribution in [0.5, 0.6) is 0 Å². The van der Waals surface area contributed by atoms with Crippen LogP contribution in [0.15, 0.2) is 18.2 Å². The van der Waals surface area contributed by atoms with Crippen LogP contribution in [-0.4, -0.2) is 23.0 Å². The summed E-state index contributed by atoms with van der Waals surface area (Å²) in [5.74, 6) is 0. The number of pyridine rings is 1. The number of hydrogen-bond acceptors (Lipinski definition) is 3. The zero-order chi connectivity index (χ0) is 12.3. The number of nitrogens with zero attached hydrogens (tertiary/aromatic N) is 3. The Balaban J connectivity index is 2.02. The van der Waals surface area contributed by atoms with Gasteiger partial charge in [-0.2, -0.15) is 5.26 Å². The molecule has 0 spiro atoms. The van der Waals surface area contributed by atoms with Crippen LogP contribution in [0.3, 0.4) is 0 Å². The van der Waals surface area contributed by atoms with E-state index in [9.17, 15) is 5.26 Å². The first-order valence-electron chi connectivity index (χ1n) is 6.17. The van der Waals surface area contributed by atoms with Crippen molar-refractivity contribution in [1.29, 1.82) is 5.26 Å². The molecule has 3 nitrogen and oxygen atoms in total. The Bertz CT molecular complexity index is 435. The van der Waals surface area contributed by atoms with Crippen LogP contribution in [0.4, 0.5) is 0 Å². The lowest BCUT2D eigenvalue weighted by atomic mass is 9.83. The van der Waals surface area contributed by atoms with Gasteiger partial charge in [0, 0.05) is 18.8 Å². The maximum atomic E-state index is 9.19. The van der Waals surface area contributed by atoms with E-state index in [4.69, 9.17) is 0 Å². The topological polar surface area (TPSA) is 39.9 Å². The summed E-state index contributed by atoms with van der Waals surface area (Å²) in [6.07, 6.45) is 2.12. The van der Waals surface area contributed by atoms with Crippen LogP contribution in [0.25, 0.3) is 0 Å². The largest absolute Gasteiger partial charge is 0.296 e. The lowest BCUT2D eigenvalue weighted by Crippen LogP contribution is -2.40. The quantitative estimate of drug-likeness (QED) is 0.782. The number of piperidine rings is 1. The summed E-state index contributed by atoms with van der Waals surface area (Å²) >= 11 is 0. The molecule has 0 saturated carbocycles. The molecule has 17 heavy (non-hydrogen) atoms. The second-order valence-corrected chi connectivity index (χ2v) is 5.26. The SMILES string of the molecule is Cc1cccc(CN2CCCC(C)(C#N)C2)n1. The predicted molar refractivity (Wildman–Crippen MR) is 67.2 cm³/mol. The molecular formula is C14H19N3. The summed E-state index contributed by atoms with van der Waals surface area (Å²) in [5, 5.41) is 9.19. The molecule has 3 heteroatoms. The molecule has 2 heterocycles. The molecule has 1 saturated heterocycles. The van der Waals surface area contributed by atoms with E-state index in [1.54, 1.807) is 0 Å². The molecule has 1 atom stereocenters. The fourth-order valence-corrected chi connectivity index (χ4v) is 2.49. The van der Waals surface area contributed by atoms with Crippen LogP contribution in [0.2, 0.25) is 0 Å². The summed E-state index contributed by atoms with van der Waals surface area (Å²) < 4.78 is 0. The Labute approximate surface area is 103 Å². The number of likely N-dealkylation sites (tertiary alicyclic amines) is 1. The van der Waals surface area contributed by atoms with Crippen LogP contribution < -0.4 is 0 Å². The summed E-state index contributed by atoms with van der Waals surface area (Å²) in [4.78, 5) is 6.86. The van der Waals surface area contributed by atoms with Gasteiger partial charge in [0.15, 0.2) is 0 Å². The first kappa shape index (κ1) is 12.1. The van der Waals surface area contributed by atoms with Crippen molar-refractivity contribution in [1.82, 2.24) is 9.88 Å². The van der Waals surface area contributed by atoms with Gasteiger partial charge >= 0.3 is 0 Å². The highest BCUT2D eigenvalue weighted by molar-refractivity contribution is 5.10. The van der Waals surface area contributed by atoms with Crippen LogP contribution in [-0.2, 0) is 6.54 Å². The average Bonchev–Trinajstić information content (AvgIpc) is 2.29. The molecule has 0 radical (unpaired) electrons. The lowest BCUT2D eigenvalue weighted by molar-refractivity contribution is 0.135. The molecular weight excluding hydrogens is 210 g/mol. The summed E-state index contributed by atoms with van der Waals surface area (Å²) in [6, 6.07) is 8.57. The number of aryl methyl sites for hydroxylation is 1. The average molecular weight is 229 g/mol. The van der Waals surface area contributed by atoms with E-state index in [0.29, 0.717) is 0 Å². The van der Waals surface area contributed by atoms with Crippen LogP contribution in [0, 0.1) is 23.7 Å². The molecule has 0 N–H and O–H groups in total. The second-order valence-electron chi connectivity index (χ2n) is 5.26. The van der Waals surface area contributed by atoms with E-state index in [2.05, 4.69) is 28.9 Å². The van der Waals surface area contributed by atoms with Crippen molar-refractivity contribution in [3.63, 3.8) is 0 Å². The highest BCUT2D eigenvalue weighted by atomic mass is 15.1. The number of hydrogen-bond donors (Lipinski definition) is 0. The van der Waals surface area contributed by atoms with Crippen molar-refractivity contribution < 1.29 is 0 Å². The highest BCUT2D eigenvalue weighted by Crippen LogP contribution is 2.28.